The van der Waals surface area contributed by atoms with E-state index >= 15 is 0 Å². The Balaban J connectivity index is 1.70. The van der Waals surface area contributed by atoms with Gasteiger partial charge in [0.15, 0.2) is 0 Å². The molecule has 2 heterocycles. The second-order valence-corrected chi connectivity index (χ2v) is 5.80. The van der Waals surface area contributed by atoms with Crippen LogP contribution in [-0.2, 0) is 0 Å². The van der Waals surface area contributed by atoms with E-state index < -0.39 is 0 Å². The molecule has 2 fully saturated rings. The van der Waals surface area contributed by atoms with Gasteiger partial charge in [-0.1, -0.05) is 13.3 Å². The second-order valence-electron chi connectivity index (χ2n) is 5.80. The maximum Gasteiger partial charge on any atom is 0.0165 e. The van der Waals surface area contributed by atoms with Crippen molar-refractivity contribution in [2.45, 2.75) is 57.5 Å². The van der Waals surface area contributed by atoms with Crippen molar-refractivity contribution in [1.29, 1.82) is 0 Å². The second kappa shape index (κ2) is 6.72. The van der Waals surface area contributed by atoms with Crippen LogP contribution in [0.3, 0.4) is 0 Å². The summed E-state index contributed by atoms with van der Waals surface area (Å²) in [6.07, 6.45) is 8.10. The van der Waals surface area contributed by atoms with Gasteiger partial charge in [-0.05, 0) is 58.3 Å². The monoisotopic (exact) mass is 239 g/mol. The van der Waals surface area contributed by atoms with E-state index in [0.29, 0.717) is 6.04 Å². The largest absolute Gasteiger partial charge is 0.327 e. The van der Waals surface area contributed by atoms with Gasteiger partial charge in [-0.3, -0.25) is 0 Å². The van der Waals surface area contributed by atoms with Crippen molar-refractivity contribution in [2.75, 3.05) is 32.7 Å². The van der Waals surface area contributed by atoms with Crippen LogP contribution in [0.25, 0.3) is 0 Å². The van der Waals surface area contributed by atoms with E-state index in [0.717, 1.165) is 19.0 Å². The minimum absolute atomic E-state index is 0.376. The summed E-state index contributed by atoms with van der Waals surface area (Å²) in [5.41, 5.74) is 6.03. The number of rotatable bonds is 4. The predicted octanol–water partition coefficient (Wildman–Crippen LogP) is 1.67. The zero-order valence-electron chi connectivity index (χ0n) is 11.4. The Morgan fingerprint density at radius 2 is 1.71 bits per heavy atom. The highest BCUT2D eigenvalue weighted by Gasteiger charge is 2.25. The van der Waals surface area contributed by atoms with Crippen LogP contribution in [0.2, 0.25) is 0 Å². The molecule has 0 radical (unpaired) electrons. The standard InChI is InChI=1S/C14H29N3/c1-2-13(15)12-16-10-6-14(7-11-16)17-8-4-3-5-9-17/h13-14H,2-12,15H2,1H3. The quantitative estimate of drug-likeness (QED) is 0.810. The lowest BCUT2D eigenvalue weighted by atomic mass is 9.99. The molecule has 1 atom stereocenters. The number of hydrogen-bond acceptors (Lipinski definition) is 3. The van der Waals surface area contributed by atoms with Crippen LogP contribution in [0.5, 0.6) is 0 Å². The minimum Gasteiger partial charge on any atom is -0.327 e. The van der Waals surface area contributed by atoms with Gasteiger partial charge in [0, 0.05) is 18.6 Å². The molecule has 0 bridgehead atoms. The van der Waals surface area contributed by atoms with Crippen LogP contribution in [-0.4, -0.2) is 54.6 Å². The first kappa shape index (κ1) is 13.3. The fraction of sp³-hybridized carbons (Fsp3) is 1.00. The summed E-state index contributed by atoms with van der Waals surface area (Å²) >= 11 is 0. The molecule has 0 aromatic carbocycles. The first-order valence-corrected chi connectivity index (χ1v) is 7.51. The molecule has 0 spiro atoms. The van der Waals surface area contributed by atoms with Crippen molar-refractivity contribution in [3.8, 4) is 0 Å². The molecule has 2 N–H and O–H groups in total. The fourth-order valence-electron chi connectivity index (χ4n) is 3.21. The van der Waals surface area contributed by atoms with Crippen molar-refractivity contribution in [1.82, 2.24) is 9.80 Å². The van der Waals surface area contributed by atoms with Crippen LogP contribution in [0.4, 0.5) is 0 Å². The van der Waals surface area contributed by atoms with E-state index in [-0.39, 0.29) is 0 Å². The van der Waals surface area contributed by atoms with Crippen molar-refractivity contribution >= 4 is 0 Å². The maximum atomic E-state index is 6.03. The van der Waals surface area contributed by atoms with Crippen LogP contribution in [0.15, 0.2) is 0 Å². The average Bonchev–Trinajstić information content (AvgIpc) is 2.40. The molecule has 0 aromatic heterocycles. The molecule has 3 heteroatoms. The molecule has 0 aliphatic carbocycles. The van der Waals surface area contributed by atoms with Crippen molar-refractivity contribution in [3.63, 3.8) is 0 Å². The van der Waals surface area contributed by atoms with Crippen LogP contribution in [0, 0.1) is 0 Å². The number of hydrogen-bond donors (Lipinski definition) is 1. The van der Waals surface area contributed by atoms with Gasteiger partial charge >= 0.3 is 0 Å². The molecule has 1 unspecified atom stereocenters. The summed E-state index contributed by atoms with van der Waals surface area (Å²) in [7, 11) is 0. The summed E-state index contributed by atoms with van der Waals surface area (Å²) in [4.78, 5) is 5.30. The predicted molar refractivity (Wildman–Crippen MR) is 73.2 cm³/mol. The van der Waals surface area contributed by atoms with Gasteiger partial charge < -0.3 is 15.5 Å². The Bertz CT molecular complexity index is 206. The van der Waals surface area contributed by atoms with Gasteiger partial charge in [0.05, 0.1) is 0 Å². The van der Waals surface area contributed by atoms with E-state index in [1.807, 2.05) is 0 Å². The first-order chi connectivity index (χ1) is 8.29. The number of nitrogens with two attached hydrogens (primary N) is 1. The first-order valence-electron chi connectivity index (χ1n) is 7.51. The molecule has 100 valence electrons. The van der Waals surface area contributed by atoms with Crippen molar-refractivity contribution in [3.05, 3.63) is 0 Å². The van der Waals surface area contributed by atoms with Gasteiger partial charge in [-0.2, -0.15) is 0 Å². The summed E-state index contributed by atoms with van der Waals surface area (Å²) in [6.45, 7) is 8.50. The van der Waals surface area contributed by atoms with Crippen LogP contribution in [0.1, 0.15) is 45.4 Å². The molecule has 0 amide bonds. The lowest BCUT2D eigenvalue weighted by Gasteiger charge is -2.40. The highest BCUT2D eigenvalue weighted by molar-refractivity contribution is 4.82. The summed E-state index contributed by atoms with van der Waals surface area (Å²) in [5.74, 6) is 0. The average molecular weight is 239 g/mol. The van der Waals surface area contributed by atoms with E-state index in [2.05, 4.69) is 16.7 Å². The molecule has 2 saturated heterocycles. The maximum absolute atomic E-state index is 6.03. The Morgan fingerprint density at radius 3 is 2.29 bits per heavy atom. The normalized spacial score (nSPS) is 27.2. The molecule has 0 aromatic rings. The van der Waals surface area contributed by atoms with Crippen LogP contribution >= 0.6 is 0 Å². The molecular formula is C14H29N3. The van der Waals surface area contributed by atoms with E-state index in [9.17, 15) is 0 Å². The third kappa shape index (κ3) is 3.94. The molecule has 2 aliphatic heterocycles. The topological polar surface area (TPSA) is 32.5 Å². The Hall–Kier alpha value is -0.120. The summed E-state index contributed by atoms with van der Waals surface area (Å²) in [5, 5.41) is 0. The lowest BCUT2D eigenvalue weighted by molar-refractivity contribution is 0.0898. The Kier molecular flexibility index (Phi) is 5.26. The lowest BCUT2D eigenvalue weighted by Crippen LogP contribution is -2.48. The number of nitrogens with zero attached hydrogens (tertiary/aromatic N) is 2. The number of piperidine rings is 2. The van der Waals surface area contributed by atoms with E-state index in [1.54, 1.807) is 0 Å². The molecule has 2 aliphatic rings. The zero-order valence-corrected chi connectivity index (χ0v) is 11.4. The van der Waals surface area contributed by atoms with E-state index in [4.69, 9.17) is 5.73 Å². The van der Waals surface area contributed by atoms with E-state index in [1.165, 1.54) is 58.3 Å². The van der Waals surface area contributed by atoms with Crippen molar-refractivity contribution in [2.24, 2.45) is 5.73 Å². The minimum atomic E-state index is 0.376. The van der Waals surface area contributed by atoms with Crippen molar-refractivity contribution < 1.29 is 0 Å². The smallest absolute Gasteiger partial charge is 0.0165 e. The SMILES string of the molecule is CCC(N)CN1CCC(N2CCCCC2)CC1. The molecule has 2 rings (SSSR count). The Morgan fingerprint density at radius 1 is 1.06 bits per heavy atom. The van der Waals surface area contributed by atoms with Crippen LogP contribution < -0.4 is 5.73 Å². The van der Waals surface area contributed by atoms with Gasteiger partial charge in [0.1, 0.15) is 0 Å². The Labute approximate surface area is 106 Å². The van der Waals surface area contributed by atoms with Gasteiger partial charge in [0.25, 0.3) is 0 Å². The van der Waals surface area contributed by atoms with Gasteiger partial charge in [0.2, 0.25) is 0 Å². The molecule has 3 nitrogen and oxygen atoms in total. The summed E-state index contributed by atoms with van der Waals surface area (Å²) in [6, 6.07) is 1.24. The fourth-order valence-corrected chi connectivity index (χ4v) is 3.21. The third-order valence-electron chi connectivity index (χ3n) is 4.48. The third-order valence-corrected chi connectivity index (χ3v) is 4.48. The van der Waals surface area contributed by atoms with Gasteiger partial charge in [-0.15, -0.1) is 0 Å². The molecular weight excluding hydrogens is 210 g/mol. The molecule has 17 heavy (non-hydrogen) atoms. The highest BCUT2D eigenvalue weighted by atomic mass is 15.2. The van der Waals surface area contributed by atoms with Gasteiger partial charge in [-0.25, -0.2) is 0 Å². The summed E-state index contributed by atoms with van der Waals surface area (Å²) < 4.78 is 0. The number of likely N-dealkylation sites (tertiary alicyclic amines) is 2. The highest BCUT2D eigenvalue weighted by Crippen LogP contribution is 2.20. The zero-order chi connectivity index (χ0) is 12.1. The molecule has 0 saturated carbocycles.